The number of benzene rings is 3. The van der Waals surface area contributed by atoms with E-state index >= 15 is 0 Å². The van der Waals surface area contributed by atoms with Crippen molar-refractivity contribution in [2.45, 2.75) is 26.1 Å². The van der Waals surface area contributed by atoms with Gasteiger partial charge in [-0.25, -0.2) is 0 Å². The minimum Gasteiger partial charge on any atom is -0.349 e. The summed E-state index contributed by atoms with van der Waals surface area (Å²) in [6.45, 7) is 4.76. The highest BCUT2D eigenvalue weighted by Crippen LogP contribution is 2.33. The molecule has 7 heteroatoms. The molecule has 0 aromatic heterocycles. The van der Waals surface area contributed by atoms with Gasteiger partial charge in [-0.05, 0) is 53.1 Å². The van der Waals surface area contributed by atoms with E-state index in [2.05, 4.69) is 5.32 Å². The molecule has 0 radical (unpaired) electrons. The fraction of sp³-hybridized carbons (Fsp3) is 0.280. The van der Waals surface area contributed by atoms with Crippen molar-refractivity contribution in [2.24, 2.45) is 5.92 Å². The van der Waals surface area contributed by atoms with Gasteiger partial charge in [0.2, 0.25) is 5.91 Å². The summed E-state index contributed by atoms with van der Waals surface area (Å²) in [4.78, 5) is 25.8. The summed E-state index contributed by atoms with van der Waals surface area (Å²) >= 11 is 0. The molecule has 1 saturated heterocycles. The number of alkyl halides is 3. The maximum atomic E-state index is 12.9. The molecule has 0 unspecified atom stereocenters. The molecule has 166 valence electrons. The molecule has 1 atom stereocenters. The molecule has 0 spiro atoms. The van der Waals surface area contributed by atoms with Crippen molar-refractivity contribution in [2.75, 3.05) is 13.1 Å². The highest BCUT2D eigenvalue weighted by molar-refractivity contribution is 6.02. The van der Waals surface area contributed by atoms with Gasteiger partial charge >= 0.3 is 6.18 Å². The van der Waals surface area contributed by atoms with Crippen molar-refractivity contribution >= 4 is 22.6 Å². The van der Waals surface area contributed by atoms with Gasteiger partial charge in [0.1, 0.15) is 0 Å². The predicted molar refractivity (Wildman–Crippen MR) is 117 cm³/mol. The van der Waals surface area contributed by atoms with Crippen LogP contribution in [0.3, 0.4) is 0 Å². The predicted octanol–water partition coefficient (Wildman–Crippen LogP) is 5.12. The van der Waals surface area contributed by atoms with Gasteiger partial charge < -0.3 is 10.2 Å². The van der Waals surface area contributed by atoms with Gasteiger partial charge in [0.05, 0.1) is 5.56 Å². The molecular weight excluding hydrogens is 417 g/mol. The summed E-state index contributed by atoms with van der Waals surface area (Å²) in [6.07, 6.45) is -4.37. The highest BCUT2D eigenvalue weighted by Gasteiger charge is 2.33. The van der Waals surface area contributed by atoms with E-state index in [4.69, 9.17) is 0 Å². The Bertz CT molecular complexity index is 1170. The molecule has 1 fully saturated rings. The third-order valence-electron chi connectivity index (χ3n) is 6.09. The van der Waals surface area contributed by atoms with E-state index in [-0.39, 0.29) is 23.8 Å². The molecule has 4 nitrogen and oxygen atoms in total. The Balaban J connectivity index is 1.53. The van der Waals surface area contributed by atoms with Crippen molar-refractivity contribution < 1.29 is 22.8 Å². The van der Waals surface area contributed by atoms with Crippen LogP contribution in [0.15, 0.2) is 60.7 Å². The number of carbonyl (C=O) groups excluding carboxylic acids is 2. The fourth-order valence-electron chi connectivity index (χ4n) is 4.01. The van der Waals surface area contributed by atoms with Gasteiger partial charge in [-0.1, -0.05) is 36.4 Å². The Kier molecular flexibility index (Phi) is 5.67. The van der Waals surface area contributed by atoms with Crippen LogP contribution < -0.4 is 5.32 Å². The zero-order valence-electron chi connectivity index (χ0n) is 17.7. The molecule has 3 aromatic rings. The highest BCUT2D eigenvalue weighted by atomic mass is 19.4. The standard InChI is InChI=1S/C25H23F3N2O2/c1-15(20-13-30(14-20)16(2)31)29-24(32)19-8-11-23-18(12-19)4-3-5-22(23)17-6-9-21(10-7-17)25(26,27)28/h3-12,15,20H,13-14H2,1-2H3,(H,29,32)/t15-/m1/s1. The quantitative estimate of drug-likeness (QED) is 0.612. The van der Waals surface area contributed by atoms with Crippen molar-refractivity contribution in [3.63, 3.8) is 0 Å². The molecule has 4 rings (SSSR count). The number of nitrogens with one attached hydrogen (secondary N) is 1. The molecule has 0 bridgehead atoms. The third kappa shape index (κ3) is 4.33. The molecule has 32 heavy (non-hydrogen) atoms. The second-order valence-electron chi connectivity index (χ2n) is 8.26. The van der Waals surface area contributed by atoms with Crippen molar-refractivity contribution in [1.29, 1.82) is 0 Å². The summed E-state index contributed by atoms with van der Waals surface area (Å²) in [5, 5.41) is 4.69. The van der Waals surface area contributed by atoms with Crippen molar-refractivity contribution in [1.82, 2.24) is 10.2 Å². The van der Waals surface area contributed by atoms with Crippen LogP contribution in [0.25, 0.3) is 21.9 Å². The number of hydrogen-bond acceptors (Lipinski definition) is 2. The summed E-state index contributed by atoms with van der Waals surface area (Å²) in [5.74, 6) is 0.0772. The Morgan fingerprint density at radius 2 is 1.72 bits per heavy atom. The minimum atomic E-state index is -4.37. The van der Waals surface area contributed by atoms with Crippen LogP contribution in [0, 0.1) is 5.92 Å². The number of halogens is 3. The van der Waals surface area contributed by atoms with Gasteiger partial charge in [-0.3, -0.25) is 9.59 Å². The van der Waals surface area contributed by atoms with Gasteiger partial charge in [-0.2, -0.15) is 13.2 Å². The third-order valence-corrected chi connectivity index (χ3v) is 6.09. The topological polar surface area (TPSA) is 49.4 Å². The Morgan fingerprint density at radius 1 is 1.03 bits per heavy atom. The first-order valence-corrected chi connectivity index (χ1v) is 10.4. The Morgan fingerprint density at radius 3 is 2.34 bits per heavy atom. The van der Waals surface area contributed by atoms with Crippen LogP contribution in [-0.4, -0.2) is 35.8 Å². The van der Waals surface area contributed by atoms with E-state index < -0.39 is 11.7 Å². The lowest BCUT2D eigenvalue weighted by atomic mass is 9.92. The maximum Gasteiger partial charge on any atom is 0.416 e. The number of amides is 2. The van der Waals surface area contributed by atoms with Gasteiger partial charge in [0.25, 0.3) is 5.91 Å². The minimum absolute atomic E-state index is 0.0400. The number of nitrogens with zero attached hydrogens (tertiary/aromatic N) is 1. The number of hydrogen-bond donors (Lipinski definition) is 1. The number of fused-ring (bicyclic) bond motifs is 1. The molecular formula is C25H23F3N2O2. The average Bonchev–Trinajstić information content (AvgIpc) is 2.71. The second kappa shape index (κ2) is 8.30. The van der Waals surface area contributed by atoms with Crippen LogP contribution in [-0.2, 0) is 11.0 Å². The maximum absolute atomic E-state index is 12.9. The van der Waals surface area contributed by atoms with E-state index in [9.17, 15) is 22.8 Å². The second-order valence-corrected chi connectivity index (χ2v) is 8.26. The lowest BCUT2D eigenvalue weighted by Gasteiger charge is -2.42. The first-order chi connectivity index (χ1) is 15.1. The van der Waals surface area contributed by atoms with Gasteiger partial charge in [0, 0.05) is 37.5 Å². The fourth-order valence-corrected chi connectivity index (χ4v) is 4.01. The summed E-state index contributed by atoms with van der Waals surface area (Å²) in [7, 11) is 0. The van der Waals surface area contributed by atoms with E-state index in [1.54, 1.807) is 17.0 Å². The zero-order valence-corrected chi connectivity index (χ0v) is 17.7. The molecule has 1 aliphatic heterocycles. The first kappa shape index (κ1) is 21.9. The average molecular weight is 440 g/mol. The van der Waals surface area contributed by atoms with Crippen LogP contribution >= 0.6 is 0 Å². The number of likely N-dealkylation sites (tertiary alicyclic amines) is 1. The summed E-state index contributed by atoms with van der Waals surface area (Å²) in [5.41, 5.74) is 1.30. The normalized spacial score (nSPS) is 15.3. The van der Waals surface area contributed by atoms with Crippen LogP contribution in [0.1, 0.15) is 29.8 Å². The van der Waals surface area contributed by atoms with Crippen LogP contribution in [0.4, 0.5) is 13.2 Å². The SMILES string of the molecule is CC(=O)N1CC([C@@H](C)NC(=O)c2ccc3c(-c4ccc(C(F)(F)F)cc4)cccc3c2)C1. The van der Waals surface area contributed by atoms with Gasteiger partial charge in [0.15, 0.2) is 0 Å². The molecule has 1 N–H and O–H groups in total. The molecule has 1 aliphatic rings. The molecule has 2 amide bonds. The van der Waals surface area contributed by atoms with E-state index in [1.807, 2.05) is 31.2 Å². The molecule has 0 aliphatic carbocycles. The smallest absolute Gasteiger partial charge is 0.349 e. The largest absolute Gasteiger partial charge is 0.416 e. The number of carbonyl (C=O) groups is 2. The first-order valence-electron chi connectivity index (χ1n) is 10.4. The Hall–Kier alpha value is -3.35. The van der Waals surface area contributed by atoms with E-state index in [0.29, 0.717) is 24.2 Å². The monoisotopic (exact) mass is 440 g/mol. The van der Waals surface area contributed by atoms with Gasteiger partial charge in [-0.15, -0.1) is 0 Å². The van der Waals surface area contributed by atoms with Crippen LogP contribution in [0.2, 0.25) is 0 Å². The van der Waals surface area contributed by atoms with Crippen LogP contribution in [0.5, 0.6) is 0 Å². The van der Waals surface area contributed by atoms with Crippen molar-refractivity contribution in [3.05, 3.63) is 71.8 Å². The van der Waals surface area contributed by atoms with E-state index in [1.165, 1.54) is 19.1 Å². The summed E-state index contributed by atoms with van der Waals surface area (Å²) in [6, 6.07) is 15.9. The Labute approximate surface area is 184 Å². The summed E-state index contributed by atoms with van der Waals surface area (Å²) < 4.78 is 38.6. The molecule has 1 heterocycles. The van der Waals surface area contributed by atoms with E-state index in [0.717, 1.165) is 28.5 Å². The number of rotatable bonds is 4. The zero-order chi connectivity index (χ0) is 23.0. The van der Waals surface area contributed by atoms with Crippen molar-refractivity contribution in [3.8, 4) is 11.1 Å². The lowest BCUT2D eigenvalue weighted by molar-refractivity contribution is -0.137. The molecule has 0 saturated carbocycles. The lowest BCUT2D eigenvalue weighted by Crippen LogP contribution is -2.56. The molecule has 3 aromatic carbocycles.